The van der Waals surface area contributed by atoms with Crippen molar-refractivity contribution in [2.45, 2.75) is 0 Å². The molecule has 0 radical (unpaired) electrons. The van der Waals surface area contributed by atoms with Crippen LogP contribution >= 0.6 is 0 Å². The maximum atomic E-state index is 8.66. The lowest BCUT2D eigenvalue weighted by atomic mass is 10.1. The van der Waals surface area contributed by atoms with Gasteiger partial charge < -0.3 is 5.73 Å². The van der Waals surface area contributed by atoms with Gasteiger partial charge in [-0.3, -0.25) is 0 Å². The highest BCUT2D eigenvalue weighted by atomic mass is 14.5. The Labute approximate surface area is 100 Å². The van der Waals surface area contributed by atoms with Crippen LogP contribution in [0.1, 0.15) is 16.7 Å². The van der Waals surface area contributed by atoms with Crippen molar-refractivity contribution in [3.63, 3.8) is 0 Å². The fraction of sp³-hybridized carbons (Fsp3) is 0. The zero-order chi connectivity index (χ0) is 12.1. The predicted molar refractivity (Wildman–Crippen MR) is 68.0 cm³/mol. The summed E-state index contributed by atoms with van der Waals surface area (Å²) in [6, 6.07) is 16.7. The van der Waals surface area contributed by atoms with Gasteiger partial charge >= 0.3 is 0 Å². The molecule has 80 valence electrons. The number of hydrogen-bond donors (Lipinski definition) is 1. The van der Waals surface area contributed by atoms with Crippen LogP contribution in [0.4, 0.5) is 5.69 Å². The third kappa shape index (κ3) is 2.87. The zero-order valence-corrected chi connectivity index (χ0v) is 9.14. The second-order valence-corrected chi connectivity index (χ2v) is 3.56. The van der Waals surface area contributed by atoms with Crippen molar-refractivity contribution in [3.05, 3.63) is 65.2 Å². The topological polar surface area (TPSA) is 49.8 Å². The van der Waals surface area contributed by atoms with Crippen LogP contribution in [0.25, 0.3) is 0 Å². The first-order valence-corrected chi connectivity index (χ1v) is 5.16. The van der Waals surface area contributed by atoms with Crippen molar-refractivity contribution < 1.29 is 0 Å². The van der Waals surface area contributed by atoms with Gasteiger partial charge in [0.15, 0.2) is 0 Å². The number of nitrogens with two attached hydrogens (primary N) is 1. The maximum absolute atomic E-state index is 8.66. The second-order valence-electron chi connectivity index (χ2n) is 3.56. The average molecular weight is 218 g/mol. The van der Waals surface area contributed by atoms with Crippen LogP contribution < -0.4 is 5.73 Å². The largest absolute Gasteiger partial charge is 0.399 e. The Hall–Kier alpha value is -2.71. The average Bonchev–Trinajstić information content (AvgIpc) is 2.39. The molecule has 0 atom stereocenters. The van der Waals surface area contributed by atoms with Gasteiger partial charge in [0.05, 0.1) is 11.6 Å². The number of anilines is 1. The molecule has 0 aromatic heterocycles. The lowest BCUT2D eigenvalue weighted by molar-refractivity contribution is 1.48. The van der Waals surface area contributed by atoms with Gasteiger partial charge in [-0.2, -0.15) is 5.26 Å². The Morgan fingerprint density at radius 1 is 0.706 bits per heavy atom. The van der Waals surface area contributed by atoms with Crippen molar-refractivity contribution in [1.29, 1.82) is 5.26 Å². The van der Waals surface area contributed by atoms with Crippen LogP contribution in [0.5, 0.6) is 0 Å². The molecule has 0 aliphatic heterocycles. The minimum atomic E-state index is 0.642. The first kappa shape index (κ1) is 10.8. The fourth-order valence-electron chi connectivity index (χ4n) is 1.34. The summed E-state index contributed by atoms with van der Waals surface area (Å²) in [5, 5.41) is 8.66. The van der Waals surface area contributed by atoms with Gasteiger partial charge in [0.1, 0.15) is 0 Å². The number of nitrogen functional groups attached to an aromatic ring is 1. The van der Waals surface area contributed by atoms with Crippen LogP contribution in [0, 0.1) is 23.2 Å². The van der Waals surface area contributed by atoms with Crippen molar-refractivity contribution >= 4 is 5.69 Å². The van der Waals surface area contributed by atoms with Crippen molar-refractivity contribution in [2.75, 3.05) is 5.73 Å². The SMILES string of the molecule is N#Cc1ccc(C#Cc2ccc(N)cc2)cc1. The molecule has 0 saturated carbocycles. The third-order valence-electron chi connectivity index (χ3n) is 2.28. The Balaban J connectivity index is 2.21. The summed E-state index contributed by atoms with van der Waals surface area (Å²) in [5.41, 5.74) is 8.77. The van der Waals surface area contributed by atoms with Crippen LogP contribution in [-0.4, -0.2) is 0 Å². The summed E-state index contributed by atoms with van der Waals surface area (Å²) in [5.74, 6) is 6.07. The summed E-state index contributed by atoms with van der Waals surface area (Å²) < 4.78 is 0. The Morgan fingerprint density at radius 3 is 1.59 bits per heavy atom. The highest BCUT2D eigenvalue weighted by molar-refractivity contribution is 5.48. The van der Waals surface area contributed by atoms with E-state index in [1.54, 1.807) is 12.1 Å². The van der Waals surface area contributed by atoms with Gasteiger partial charge in [-0.15, -0.1) is 0 Å². The summed E-state index contributed by atoms with van der Waals surface area (Å²) in [6.45, 7) is 0. The van der Waals surface area contributed by atoms with Crippen LogP contribution in [-0.2, 0) is 0 Å². The summed E-state index contributed by atoms with van der Waals surface area (Å²) >= 11 is 0. The highest BCUT2D eigenvalue weighted by Crippen LogP contribution is 2.05. The van der Waals surface area contributed by atoms with E-state index >= 15 is 0 Å². The summed E-state index contributed by atoms with van der Waals surface area (Å²) in [6.07, 6.45) is 0. The molecule has 17 heavy (non-hydrogen) atoms. The molecule has 0 fully saturated rings. The van der Waals surface area contributed by atoms with Crippen molar-refractivity contribution in [2.24, 2.45) is 0 Å². The first-order valence-electron chi connectivity index (χ1n) is 5.16. The van der Waals surface area contributed by atoms with Crippen LogP contribution in [0.2, 0.25) is 0 Å². The van der Waals surface area contributed by atoms with Gasteiger partial charge in [-0.25, -0.2) is 0 Å². The minimum absolute atomic E-state index is 0.642. The molecule has 0 amide bonds. The molecule has 2 heteroatoms. The molecule has 2 aromatic carbocycles. The lowest BCUT2D eigenvalue weighted by Crippen LogP contribution is -1.83. The van der Waals surface area contributed by atoms with Crippen molar-refractivity contribution in [1.82, 2.24) is 0 Å². The molecule has 0 aliphatic carbocycles. The van der Waals surface area contributed by atoms with E-state index in [0.717, 1.165) is 16.8 Å². The van der Waals surface area contributed by atoms with E-state index in [4.69, 9.17) is 11.0 Å². The van der Waals surface area contributed by atoms with E-state index in [-0.39, 0.29) is 0 Å². The number of nitrogens with zero attached hydrogens (tertiary/aromatic N) is 1. The molecule has 0 aliphatic rings. The number of hydrogen-bond acceptors (Lipinski definition) is 2. The molecule has 2 nitrogen and oxygen atoms in total. The smallest absolute Gasteiger partial charge is 0.0991 e. The van der Waals surface area contributed by atoms with E-state index in [2.05, 4.69) is 17.9 Å². The van der Waals surface area contributed by atoms with Crippen LogP contribution in [0.3, 0.4) is 0 Å². The van der Waals surface area contributed by atoms with Gasteiger partial charge in [0, 0.05) is 16.8 Å². The summed E-state index contributed by atoms with van der Waals surface area (Å²) in [4.78, 5) is 0. The molecule has 2 aromatic rings. The third-order valence-corrected chi connectivity index (χ3v) is 2.28. The van der Waals surface area contributed by atoms with E-state index < -0.39 is 0 Å². The lowest BCUT2D eigenvalue weighted by Gasteiger charge is -1.92. The predicted octanol–water partition coefficient (Wildman–Crippen LogP) is 2.54. The van der Waals surface area contributed by atoms with Crippen LogP contribution in [0.15, 0.2) is 48.5 Å². The van der Waals surface area contributed by atoms with E-state index in [9.17, 15) is 0 Å². The van der Waals surface area contributed by atoms with Gasteiger partial charge in [-0.05, 0) is 48.5 Å². The van der Waals surface area contributed by atoms with Gasteiger partial charge in [0.2, 0.25) is 0 Å². The van der Waals surface area contributed by atoms with Gasteiger partial charge in [-0.1, -0.05) is 11.8 Å². The molecule has 2 N–H and O–H groups in total. The second kappa shape index (κ2) is 4.88. The molecule has 2 rings (SSSR count). The van der Waals surface area contributed by atoms with Gasteiger partial charge in [0.25, 0.3) is 0 Å². The number of rotatable bonds is 0. The quantitative estimate of drug-likeness (QED) is 0.545. The minimum Gasteiger partial charge on any atom is -0.399 e. The maximum Gasteiger partial charge on any atom is 0.0991 e. The van der Waals surface area contributed by atoms with E-state index in [1.165, 1.54) is 0 Å². The van der Waals surface area contributed by atoms with Crippen molar-refractivity contribution in [3.8, 4) is 17.9 Å². The normalized spacial score (nSPS) is 8.88. The summed E-state index contributed by atoms with van der Waals surface area (Å²) in [7, 11) is 0. The Kier molecular flexibility index (Phi) is 3.10. The standard InChI is InChI=1S/C15H10N2/c16-11-14-5-3-12(4-6-14)1-2-13-7-9-15(17)10-8-13/h3-10H,17H2. The molecule has 0 heterocycles. The first-order chi connectivity index (χ1) is 8.28. The highest BCUT2D eigenvalue weighted by Gasteiger charge is 1.90. The zero-order valence-electron chi connectivity index (χ0n) is 9.14. The number of nitriles is 1. The number of benzene rings is 2. The monoisotopic (exact) mass is 218 g/mol. The molecule has 0 bridgehead atoms. The van der Waals surface area contributed by atoms with E-state index in [1.807, 2.05) is 36.4 Å². The molecular formula is C15H10N2. The molecule has 0 spiro atoms. The molecule has 0 saturated heterocycles. The molecule has 0 unspecified atom stereocenters. The Bertz CT molecular complexity index is 605. The molecular weight excluding hydrogens is 208 g/mol. The Morgan fingerprint density at radius 2 is 1.12 bits per heavy atom. The van der Waals surface area contributed by atoms with E-state index in [0.29, 0.717) is 5.56 Å². The fourth-order valence-corrected chi connectivity index (χ4v) is 1.34.